The van der Waals surface area contributed by atoms with Gasteiger partial charge in [0, 0.05) is 31.1 Å². The molecule has 0 N–H and O–H groups in total. The van der Waals surface area contributed by atoms with Crippen molar-refractivity contribution in [3.8, 4) is 0 Å². The Hall–Kier alpha value is -1.14. The highest BCUT2D eigenvalue weighted by Gasteiger charge is 2.20. The molecule has 0 aromatic heterocycles. The second-order valence-electron chi connectivity index (χ2n) is 4.17. The van der Waals surface area contributed by atoms with Gasteiger partial charge in [0.25, 0.3) is 5.69 Å². The molecule has 1 aliphatic heterocycles. The number of halogens is 1. The van der Waals surface area contributed by atoms with Crippen molar-refractivity contribution in [2.75, 3.05) is 31.2 Å². The van der Waals surface area contributed by atoms with E-state index >= 15 is 0 Å². The van der Waals surface area contributed by atoms with Crippen molar-refractivity contribution in [2.24, 2.45) is 0 Å². The van der Waals surface area contributed by atoms with Crippen molar-refractivity contribution in [3.05, 3.63) is 33.9 Å². The molecule has 0 amide bonds. The fraction of sp³-hybridized carbons (Fsp3) is 0.500. The minimum Gasteiger partial charge on any atom is -0.380 e. The highest BCUT2D eigenvalue weighted by atomic mass is 79.9. The van der Waals surface area contributed by atoms with Crippen LogP contribution in [0.25, 0.3) is 0 Å². The Balaban J connectivity index is 2.32. The first-order chi connectivity index (χ1) is 8.72. The molecule has 0 radical (unpaired) electrons. The first-order valence-electron chi connectivity index (χ1n) is 5.88. The molecule has 1 fully saturated rings. The van der Waals surface area contributed by atoms with E-state index in [0.29, 0.717) is 24.2 Å². The van der Waals surface area contributed by atoms with Crippen LogP contribution in [-0.4, -0.2) is 31.2 Å². The van der Waals surface area contributed by atoms with Crippen LogP contribution in [0.3, 0.4) is 0 Å². The Morgan fingerprint density at radius 2 is 2.22 bits per heavy atom. The molecule has 5 nitrogen and oxygen atoms in total. The summed E-state index contributed by atoms with van der Waals surface area (Å²) < 4.78 is 5.37. The van der Waals surface area contributed by atoms with Crippen LogP contribution < -0.4 is 4.90 Å². The Morgan fingerprint density at radius 1 is 1.39 bits per heavy atom. The monoisotopic (exact) mass is 314 g/mol. The SMILES string of the molecule is O=[N+]([O-])c1cc(CBr)ccc1N1CCCOCC1. The number of hydrogen-bond donors (Lipinski definition) is 0. The average Bonchev–Trinajstić information content (AvgIpc) is 2.66. The Bertz CT molecular complexity index is 431. The van der Waals surface area contributed by atoms with Gasteiger partial charge in [-0.2, -0.15) is 0 Å². The molecule has 1 aromatic rings. The van der Waals surface area contributed by atoms with Gasteiger partial charge < -0.3 is 9.64 Å². The van der Waals surface area contributed by atoms with Gasteiger partial charge in [-0.15, -0.1) is 0 Å². The molecule has 0 spiro atoms. The lowest BCUT2D eigenvalue weighted by Gasteiger charge is -2.21. The second kappa shape index (κ2) is 6.15. The zero-order valence-corrected chi connectivity index (χ0v) is 11.6. The molecule has 6 heteroatoms. The Morgan fingerprint density at radius 3 is 2.94 bits per heavy atom. The van der Waals surface area contributed by atoms with Gasteiger partial charge >= 0.3 is 0 Å². The molecule has 1 saturated heterocycles. The number of alkyl halides is 1. The third kappa shape index (κ3) is 3.00. The van der Waals surface area contributed by atoms with Gasteiger partial charge in [-0.25, -0.2) is 0 Å². The number of hydrogen-bond acceptors (Lipinski definition) is 4. The lowest BCUT2D eigenvalue weighted by atomic mass is 10.1. The molecule has 0 atom stereocenters. The molecule has 1 aliphatic rings. The highest BCUT2D eigenvalue weighted by molar-refractivity contribution is 9.08. The zero-order valence-electron chi connectivity index (χ0n) is 9.97. The van der Waals surface area contributed by atoms with Gasteiger partial charge in [0.1, 0.15) is 5.69 Å². The van der Waals surface area contributed by atoms with Gasteiger partial charge in [0.05, 0.1) is 11.5 Å². The lowest BCUT2D eigenvalue weighted by Crippen LogP contribution is -2.26. The maximum atomic E-state index is 11.2. The largest absolute Gasteiger partial charge is 0.380 e. The maximum absolute atomic E-state index is 11.2. The molecular formula is C12H15BrN2O3. The summed E-state index contributed by atoms with van der Waals surface area (Å²) in [5.41, 5.74) is 1.78. The zero-order chi connectivity index (χ0) is 13.0. The van der Waals surface area contributed by atoms with E-state index in [1.54, 1.807) is 6.07 Å². The summed E-state index contributed by atoms with van der Waals surface area (Å²) in [6.45, 7) is 2.85. The summed E-state index contributed by atoms with van der Waals surface area (Å²) in [7, 11) is 0. The predicted octanol–water partition coefficient (Wildman–Crippen LogP) is 2.72. The fourth-order valence-electron chi connectivity index (χ4n) is 2.05. The molecular weight excluding hydrogens is 300 g/mol. The average molecular weight is 315 g/mol. The van der Waals surface area contributed by atoms with E-state index in [2.05, 4.69) is 15.9 Å². The van der Waals surface area contributed by atoms with Crippen LogP contribution in [0.5, 0.6) is 0 Å². The number of anilines is 1. The maximum Gasteiger partial charge on any atom is 0.292 e. The summed E-state index contributed by atoms with van der Waals surface area (Å²) in [6, 6.07) is 5.39. The minimum absolute atomic E-state index is 0.175. The van der Waals surface area contributed by atoms with Crippen molar-refractivity contribution >= 4 is 27.3 Å². The van der Waals surface area contributed by atoms with Gasteiger partial charge in [0.15, 0.2) is 0 Å². The van der Waals surface area contributed by atoms with Crippen molar-refractivity contribution < 1.29 is 9.66 Å². The second-order valence-corrected chi connectivity index (χ2v) is 4.73. The van der Waals surface area contributed by atoms with E-state index in [1.165, 1.54) is 0 Å². The van der Waals surface area contributed by atoms with Crippen LogP contribution >= 0.6 is 15.9 Å². The van der Waals surface area contributed by atoms with E-state index in [9.17, 15) is 10.1 Å². The van der Waals surface area contributed by atoms with Crippen LogP contribution in [0, 0.1) is 10.1 Å². The van der Waals surface area contributed by atoms with Gasteiger partial charge in [-0.05, 0) is 18.1 Å². The third-order valence-electron chi connectivity index (χ3n) is 2.95. The molecule has 1 heterocycles. The van der Waals surface area contributed by atoms with Crippen molar-refractivity contribution in [1.29, 1.82) is 0 Å². The number of ether oxygens (including phenoxy) is 1. The van der Waals surface area contributed by atoms with Crippen molar-refractivity contribution in [3.63, 3.8) is 0 Å². The van der Waals surface area contributed by atoms with Crippen LogP contribution in [0.15, 0.2) is 18.2 Å². The van der Waals surface area contributed by atoms with E-state index in [1.807, 2.05) is 17.0 Å². The summed E-state index contributed by atoms with van der Waals surface area (Å²) in [4.78, 5) is 12.9. The fourth-order valence-corrected chi connectivity index (χ4v) is 2.40. The van der Waals surface area contributed by atoms with Gasteiger partial charge in [-0.1, -0.05) is 22.0 Å². The normalized spacial score (nSPS) is 16.4. The van der Waals surface area contributed by atoms with E-state index in [4.69, 9.17) is 4.74 Å². The summed E-state index contributed by atoms with van der Waals surface area (Å²) in [5, 5.41) is 11.8. The first-order valence-corrected chi connectivity index (χ1v) is 7.00. The standard InChI is InChI=1S/C12H15BrN2O3/c13-9-10-2-3-11(12(8-10)15(16)17)14-4-1-6-18-7-5-14/h2-3,8H,1,4-7,9H2. The molecule has 0 saturated carbocycles. The van der Waals surface area contributed by atoms with E-state index in [-0.39, 0.29) is 10.6 Å². The van der Waals surface area contributed by atoms with Crippen molar-refractivity contribution in [1.82, 2.24) is 0 Å². The molecule has 0 bridgehead atoms. The Kier molecular flexibility index (Phi) is 4.54. The van der Waals surface area contributed by atoms with Gasteiger partial charge in [-0.3, -0.25) is 10.1 Å². The summed E-state index contributed by atoms with van der Waals surface area (Å²) in [6.07, 6.45) is 0.900. The van der Waals surface area contributed by atoms with Crippen LogP contribution in [0.2, 0.25) is 0 Å². The summed E-state index contributed by atoms with van der Waals surface area (Å²) >= 11 is 3.32. The molecule has 18 heavy (non-hydrogen) atoms. The van der Waals surface area contributed by atoms with Crippen LogP contribution in [-0.2, 0) is 10.1 Å². The number of nitrogens with zero attached hydrogens (tertiary/aromatic N) is 2. The first kappa shape index (κ1) is 13.3. The lowest BCUT2D eigenvalue weighted by molar-refractivity contribution is -0.384. The number of nitro groups is 1. The van der Waals surface area contributed by atoms with Crippen molar-refractivity contribution in [2.45, 2.75) is 11.8 Å². The Labute approximate surface area is 114 Å². The van der Waals surface area contributed by atoms with Gasteiger partial charge in [0.2, 0.25) is 0 Å². The van der Waals surface area contributed by atoms with Crippen LogP contribution in [0.4, 0.5) is 11.4 Å². The number of nitro benzene ring substituents is 1. The number of rotatable bonds is 3. The predicted molar refractivity (Wildman–Crippen MR) is 73.4 cm³/mol. The molecule has 1 aromatic carbocycles. The molecule has 98 valence electrons. The molecule has 0 unspecified atom stereocenters. The van der Waals surface area contributed by atoms with Crippen LogP contribution in [0.1, 0.15) is 12.0 Å². The molecule has 2 rings (SSSR count). The summed E-state index contributed by atoms with van der Waals surface area (Å²) in [5.74, 6) is 0. The smallest absolute Gasteiger partial charge is 0.292 e. The van der Waals surface area contributed by atoms with E-state index in [0.717, 1.165) is 25.1 Å². The minimum atomic E-state index is -0.312. The van der Waals surface area contributed by atoms with E-state index < -0.39 is 0 Å². The molecule has 0 aliphatic carbocycles. The quantitative estimate of drug-likeness (QED) is 0.489. The topological polar surface area (TPSA) is 55.6 Å². The highest BCUT2D eigenvalue weighted by Crippen LogP contribution is 2.30. The number of benzene rings is 1. The third-order valence-corrected chi connectivity index (χ3v) is 3.60.